The minimum absolute atomic E-state index is 0.304. The number of ether oxygens (including phenoxy) is 1. The highest BCUT2D eigenvalue weighted by Crippen LogP contribution is 2.40. The smallest absolute Gasteiger partial charge is 0.144 e. The lowest BCUT2D eigenvalue weighted by Crippen LogP contribution is -2.14. The maximum absolute atomic E-state index is 9.24. The van der Waals surface area contributed by atoms with Crippen molar-refractivity contribution in [1.29, 1.82) is 5.26 Å². The first-order valence-electron chi connectivity index (χ1n) is 10.8. The fourth-order valence-corrected chi connectivity index (χ4v) is 4.90. The van der Waals surface area contributed by atoms with Crippen LogP contribution in [0.25, 0.3) is 16.9 Å². The summed E-state index contributed by atoms with van der Waals surface area (Å²) in [7, 11) is 1.68. The number of fused-ring (bicyclic) bond motifs is 1. The number of hydrogen-bond donors (Lipinski definition) is 0. The van der Waals surface area contributed by atoms with Gasteiger partial charge in [0.1, 0.15) is 17.3 Å². The Morgan fingerprint density at radius 1 is 1.03 bits per heavy atom. The lowest BCUT2D eigenvalue weighted by molar-refractivity contribution is 0.411. The zero-order chi connectivity index (χ0) is 22.4. The Hall–Kier alpha value is -3.85. The summed E-state index contributed by atoms with van der Waals surface area (Å²) in [6, 6.07) is 18.2. The van der Waals surface area contributed by atoms with Crippen molar-refractivity contribution in [3.63, 3.8) is 0 Å². The van der Waals surface area contributed by atoms with Crippen molar-refractivity contribution in [2.45, 2.75) is 39.7 Å². The van der Waals surface area contributed by atoms with Crippen molar-refractivity contribution >= 4 is 0 Å². The van der Waals surface area contributed by atoms with E-state index in [2.05, 4.69) is 36.4 Å². The number of para-hydroxylation sites is 2. The molecule has 0 spiro atoms. The molecule has 6 nitrogen and oxygen atoms in total. The van der Waals surface area contributed by atoms with Gasteiger partial charge in [0.15, 0.2) is 0 Å². The Kier molecular flexibility index (Phi) is 4.82. The number of aromatic nitrogens is 4. The number of hydrogen-bond acceptors (Lipinski definition) is 4. The number of methoxy groups -OCH3 is 1. The van der Waals surface area contributed by atoms with Gasteiger partial charge in [-0.2, -0.15) is 10.4 Å². The SMILES string of the molecule is COc1ccccc1-n1nc2c(c1-c1ccc(C#N)cc1)C[C@H](n1c(C)nc(C)c1C)C2. The fourth-order valence-electron chi connectivity index (χ4n) is 4.90. The van der Waals surface area contributed by atoms with Gasteiger partial charge in [0, 0.05) is 29.3 Å². The Morgan fingerprint density at radius 3 is 2.44 bits per heavy atom. The maximum Gasteiger partial charge on any atom is 0.144 e. The molecule has 160 valence electrons. The van der Waals surface area contributed by atoms with Gasteiger partial charge in [-0.1, -0.05) is 24.3 Å². The molecule has 2 heterocycles. The summed E-state index contributed by atoms with van der Waals surface area (Å²) in [6.07, 6.45) is 1.75. The molecule has 1 atom stereocenters. The standard InChI is InChI=1S/C26H25N5O/c1-16-17(2)30(18(3)28-16)21-13-22-23(14-21)29-31(24-7-5-6-8-25(24)32-4)26(22)20-11-9-19(15-27)10-12-20/h5-12,21H,13-14H2,1-4H3/t21-/m0/s1. The normalized spacial score (nSPS) is 14.9. The summed E-state index contributed by atoms with van der Waals surface area (Å²) in [4.78, 5) is 4.68. The molecule has 0 unspecified atom stereocenters. The van der Waals surface area contributed by atoms with Gasteiger partial charge in [-0.05, 0) is 51.5 Å². The van der Waals surface area contributed by atoms with Gasteiger partial charge in [-0.25, -0.2) is 9.67 Å². The molecule has 5 rings (SSSR count). The molecule has 32 heavy (non-hydrogen) atoms. The molecule has 0 amide bonds. The van der Waals surface area contributed by atoms with Crippen LogP contribution in [-0.2, 0) is 12.8 Å². The second kappa shape index (κ2) is 7.69. The van der Waals surface area contributed by atoms with Gasteiger partial charge in [0.2, 0.25) is 0 Å². The molecule has 0 saturated carbocycles. The topological polar surface area (TPSA) is 68.7 Å². The third kappa shape index (κ3) is 3.09. The molecule has 0 saturated heterocycles. The Bertz CT molecular complexity index is 1350. The van der Waals surface area contributed by atoms with Crippen molar-refractivity contribution in [3.05, 3.63) is 82.6 Å². The predicted molar refractivity (Wildman–Crippen MR) is 123 cm³/mol. The highest BCUT2D eigenvalue weighted by Gasteiger charge is 2.33. The Labute approximate surface area is 187 Å². The minimum Gasteiger partial charge on any atom is -0.494 e. The number of aryl methyl sites for hydroxylation is 2. The van der Waals surface area contributed by atoms with Crippen molar-refractivity contribution in [3.8, 4) is 28.8 Å². The van der Waals surface area contributed by atoms with E-state index in [0.717, 1.165) is 52.7 Å². The number of nitriles is 1. The number of nitrogens with zero attached hydrogens (tertiary/aromatic N) is 5. The molecule has 1 aliphatic carbocycles. The average molecular weight is 424 g/mol. The van der Waals surface area contributed by atoms with Crippen LogP contribution in [0.4, 0.5) is 0 Å². The summed E-state index contributed by atoms with van der Waals surface area (Å²) in [5.74, 6) is 1.82. The van der Waals surface area contributed by atoms with Gasteiger partial charge in [0.25, 0.3) is 0 Å². The lowest BCUT2D eigenvalue weighted by atomic mass is 10.0. The molecule has 6 heteroatoms. The van der Waals surface area contributed by atoms with Crippen LogP contribution in [0.3, 0.4) is 0 Å². The van der Waals surface area contributed by atoms with Crippen LogP contribution >= 0.6 is 0 Å². The first kappa shape index (κ1) is 20.1. The van der Waals surface area contributed by atoms with Crippen LogP contribution in [0.5, 0.6) is 5.75 Å². The predicted octanol–water partition coefficient (Wildman–Crippen LogP) is 4.88. The minimum atomic E-state index is 0.304. The largest absolute Gasteiger partial charge is 0.494 e. The van der Waals surface area contributed by atoms with E-state index in [9.17, 15) is 5.26 Å². The molecule has 2 aromatic heterocycles. The molecule has 0 fully saturated rings. The van der Waals surface area contributed by atoms with Crippen LogP contribution in [0.1, 0.15) is 40.1 Å². The maximum atomic E-state index is 9.24. The Morgan fingerprint density at radius 2 is 1.78 bits per heavy atom. The molecule has 2 aromatic carbocycles. The summed E-state index contributed by atoms with van der Waals surface area (Å²) >= 11 is 0. The molecular weight excluding hydrogens is 398 g/mol. The van der Waals surface area contributed by atoms with E-state index in [-0.39, 0.29) is 0 Å². The quantitative estimate of drug-likeness (QED) is 0.469. The molecule has 0 aliphatic heterocycles. The van der Waals surface area contributed by atoms with E-state index in [1.165, 1.54) is 11.3 Å². The van der Waals surface area contributed by atoms with E-state index in [0.29, 0.717) is 11.6 Å². The van der Waals surface area contributed by atoms with Gasteiger partial charge >= 0.3 is 0 Å². The molecule has 0 radical (unpaired) electrons. The number of imidazole rings is 1. The summed E-state index contributed by atoms with van der Waals surface area (Å²) < 4.78 is 9.99. The van der Waals surface area contributed by atoms with Crippen LogP contribution in [0, 0.1) is 32.1 Å². The zero-order valence-electron chi connectivity index (χ0n) is 18.8. The summed E-state index contributed by atoms with van der Waals surface area (Å²) in [5, 5.41) is 14.3. The zero-order valence-corrected chi connectivity index (χ0v) is 18.8. The summed E-state index contributed by atoms with van der Waals surface area (Å²) in [6.45, 7) is 6.28. The fraction of sp³-hybridized carbons (Fsp3) is 0.269. The monoisotopic (exact) mass is 423 g/mol. The molecule has 4 aromatic rings. The van der Waals surface area contributed by atoms with E-state index >= 15 is 0 Å². The van der Waals surface area contributed by atoms with E-state index in [4.69, 9.17) is 9.84 Å². The molecule has 1 aliphatic rings. The van der Waals surface area contributed by atoms with Crippen LogP contribution in [-0.4, -0.2) is 26.4 Å². The third-order valence-corrected chi connectivity index (χ3v) is 6.46. The van der Waals surface area contributed by atoms with Crippen LogP contribution in [0.15, 0.2) is 48.5 Å². The van der Waals surface area contributed by atoms with Crippen LogP contribution < -0.4 is 4.74 Å². The van der Waals surface area contributed by atoms with Crippen molar-refractivity contribution in [1.82, 2.24) is 19.3 Å². The van der Waals surface area contributed by atoms with Crippen LogP contribution in [0.2, 0.25) is 0 Å². The van der Waals surface area contributed by atoms with Crippen molar-refractivity contribution < 1.29 is 4.74 Å². The van der Waals surface area contributed by atoms with E-state index < -0.39 is 0 Å². The number of rotatable bonds is 4. The van der Waals surface area contributed by atoms with Gasteiger partial charge in [-0.3, -0.25) is 0 Å². The first-order chi connectivity index (χ1) is 15.5. The highest BCUT2D eigenvalue weighted by atomic mass is 16.5. The highest BCUT2D eigenvalue weighted by molar-refractivity contribution is 5.70. The first-order valence-corrected chi connectivity index (χ1v) is 10.8. The van der Waals surface area contributed by atoms with Gasteiger partial charge in [0.05, 0.1) is 35.8 Å². The van der Waals surface area contributed by atoms with Crippen molar-refractivity contribution in [2.75, 3.05) is 7.11 Å². The second-order valence-electron chi connectivity index (χ2n) is 8.31. The van der Waals surface area contributed by atoms with Gasteiger partial charge < -0.3 is 9.30 Å². The average Bonchev–Trinajstić information content (AvgIpc) is 3.44. The molecular formula is C26H25N5O. The molecule has 0 bridgehead atoms. The van der Waals surface area contributed by atoms with E-state index in [1.54, 1.807) is 7.11 Å². The molecule has 0 N–H and O–H groups in total. The summed E-state index contributed by atoms with van der Waals surface area (Å²) in [5.41, 5.74) is 8.30. The van der Waals surface area contributed by atoms with E-state index in [1.807, 2.05) is 53.2 Å². The third-order valence-electron chi connectivity index (χ3n) is 6.46. The second-order valence-corrected chi connectivity index (χ2v) is 8.31. The van der Waals surface area contributed by atoms with Crippen molar-refractivity contribution in [2.24, 2.45) is 0 Å². The Balaban J connectivity index is 1.66. The van der Waals surface area contributed by atoms with Gasteiger partial charge in [-0.15, -0.1) is 0 Å². The lowest BCUT2D eigenvalue weighted by Gasteiger charge is -2.18. The number of benzene rings is 2.